The van der Waals surface area contributed by atoms with Gasteiger partial charge in [0.15, 0.2) is 0 Å². The molecule has 14 heavy (non-hydrogen) atoms. The van der Waals surface area contributed by atoms with Gasteiger partial charge in [0.05, 0.1) is 0 Å². The van der Waals surface area contributed by atoms with Crippen LogP contribution < -0.4 is 0 Å². The van der Waals surface area contributed by atoms with Crippen molar-refractivity contribution in [2.45, 2.75) is 32.7 Å². The molecule has 0 aliphatic carbocycles. The Labute approximate surface area is 94.1 Å². The van der Waals surface area contributed by atoms with Crippen LogP contribution in [0.3, 0.4) is 0 Å². The van der Waals surface area contributed by atoms with E-state index in [0.29, 0.717) is 0 Å². The number of piperazine rings is 1. The average molecular weight is 216 g/mol. The van der Waals surface area contributed by atoms with Crippen LogP contribution in [0.15, 0.2) is 0 Å². The van der Waals surface area contributed by atoms with E-state index in [1.807, 2.05) is 0 Å². The summed E-state index contributed by atoms with van der Waals surface area (Å²) in [5.41, 5.74) is 0. The molecule has 1 saturated heterocycles. The average Bonchev–Trinajstić information content (AvgIpc) is 2.19. The maximum Gasteiger partial charge on any atom is 0.0113 e. The number of nitrogens with zero attached hydrogens (tertiary/aromatic N) is 2. The van der Waals surface area contributed by atoms with Crippen molar-refractivity contribution >= 4 is 12.6 Å². The largest absolute Gasteiger partial charge is 0.301 e. The standard InChI is InChI=1S/C11H24N2S/c1-11(2)13-8-6-12(7-9-13)5-3-4-10-14/h11,14H,3-10H2,1-2H3. The molecule has 84 valence electrons. The first kappa shape index (κ1) is 12.3. The molecule has 0 aromatic carbocycles. The minimum Gasteiger partial charge on any atom is -0.301 e. The Kier molecular flexibility index (Phi) is 5.90. The molecule has 1 aliphatic heterocycles. The maximum atomic E-state index is 4.23. The van der Waals surface area contributed by atoms with Crippen molar-refractivity contribution in [2.75, 3.05) is 38.5 Å². The summed E-state index contributed by atoms with van der Waals surface area (Å²) in [5.74, 6) is 1.03. The SMILES string of the molecule is CC(C)N1CCN(CCCCS)CC1. The van der Waals surface area contributed by atoms with E-state index in [1.165, 1.54) is 45.6 Å². The molecule has 0 radical (unpaired) electrons. The fourth-order valence-electron chi connectivity index (χ4n) is 1.95. The minimum absolute atomic E-state index is 0.717. The van der Waals surface area contributed by atoms with Gasteiger partial charge < -0.3 is 4.90 Å². The van der Waals surface area contributed by atoms with Crippen molar-refractivity contribution in [1.82, 2.24) is 9.80 Å². The van der Waals surface area contributed by atoms with Crippen molar-refractivity contribution in [1.29, 1.82) is 0 Å². The van der Waals surface area contributed by atoms with E-state index in [2.05, 4.69) is 36.3 Å². The van der Waals surface area contributed by atoms with Gasteiger partial charge in [-0.05, 0) is 39.0 Å². The lowest BCUT2D eigenvalue weighted by atomic mass is 10.2. The van der Waals surface area contributed by atoms with Gasteiger partial charge in [0.1, 0.15) is 0 Å². The summed E-state index contributed by atoms with van der Waals surface area (Å²) in [4.78, 5) is 5.15. The predicted octanol–water partition coefficient (Wildman–Crippen LogP) is 1.72. The predicted molar refractivity (Wildman–Crippen MR) is 66.2 cm³/mol. The highest BCUT2D eigenvalue weighted by Crippen LogP contribution is 2.06. The lowest BCUT2D eigenvalue weighted by Gasteiger charge is -2.36. The Morgan fingerprint density at radius 1 is 1.07 bits per heavy atom. The normalized spacial score (nSPS) is 20.6. The number of thiol groups is 1. The topological polar surface area (TPSA) is 6.48 Å². The molecule has 0 saturated carbocycles. The lowest BCUT2D eigenvalue weighted by Crippen LogP contribution is -2.48. The van der Waals surface area contributed by atoms with Crippen molar-refractivity contribution in [3.05, 3.63) is 0 Å². The van der Waals surface area contributed by atoms with E-state index in [9.17, 15) is 0 Å². The molecule has 0 bridgehead atoms. The van der Waals surface area contributed by atoms with Crippen molar-refractivity contribution in [2.24, 2.45) is 0 Å². The van der Waals surface area contributed by atoms with Gasteiger partial charge in [-0.1, -0.05) is 0 Å². The lowest BCUT2D eigenvalue weighted by molar-refractivity contribution is 0.108. The van der Waals surface area contributed by atoms with Crippen LogP contribution in [-0.4, -0.2) is 54.3 Å². The van der Waals surface area contributed by atoms with E-state index in [0.717, 1.165) is 11.8 Å². The summed E-state index contributed by atoms with van der Waals surface area (Å²) < 4.78 is 0. The Bertz CT molecular complexity index is 142. The molecule has 0 atom stereocenters. The highest BCUT2D eigenvalue weighted by atomic mass is 32.1. The van der Waals surface area contributed by atoms with Gasteiger partial charge in [-0.25, -0.2) is 0 Å². The van der Waals surface area contributed by atoms with Gasteiger partial charge >= 0.3 is 0 Å². The second-order valence-corrected chi connectivity index (χ2v) is 4.85. The zero-order valence-electron chi connectivity index (χ0n) is 9.58. The second kappa shape index (κ2) is 6.70. The van der Waals surface area contributed by atoms with Crippen LogP contribution in [0.4, 0.5) is 0 Å². The molecule has 0 unspecified atom stereocenters. The summed E-state index contributed by atoms with van der Waals surface area (Å²) in [6.45, 7) is 10.9. The van der Waals surface area contributed by atoms with Gasteiger partial charge in [0.2, 0.25) is 0 Å². The van der Waals surface area contributed by atoms with Crippen molar-refractivity contribution in [3.8, 4) is 0 Å². The molecule has 2 nitrogen and oxygen atoms in total. The third kappa shape index (κ3) is 4.20. The quantitative estimate of drug-likeness (QED) is 0.552. The smallest absolute Gasteiger partial charge is 0.0113 e. The zero-order valence-corrected chi connectivity index (χ0v) is 10.5. The Balaban J connectivity index is 2.09. The molecule has 0 aromatic heterocycles. The molecule has 1 rings (SSSR count). The summed E-state index contributed by atoms with van der Waals surface area (Å²) >= 11 is 4.23. The minimum atomic E-state index is 0.717. The van der Waals surface area contributed by atoms with E-state index in [-0.39, 0.29) is 0 Å². The van der Waals surface area contributed by atoms with Gasteiger partial charge in [0, 0.05) is 32.2 Å². The van der Waals surface area contributed by atoms with E-state index < -0.39 is 0 Å². The van der Waals surface area contributed by atoms with Crippen LogP contribution in [0.2, 0.25) is 0 Å². The van der Waals surface area contributed by atoms with Crippen LogP contribution in [0.25, 0.3) is 0 Å². The first-order valence-corrected chi connectivity index (χ1v) is 6.44. The third-order valence-electron chi connectivity index (χ3n) is 3.02. The first-order valence-electron chi connectivity index (χ1n) is 5.81. The molecule has 1 aliphatic rings. The molecular weight excluding hydrogens is 192 g/mol. The summed E-state index contributed by atoms with van der Waals surface area (Å²) in [6.07, 6.45) is 2.57. The highest BCUT2D eigenvalue weighted by molar-refractivity contribution is 7.80. The molecule has 0 N–H and O–H groups in total. The number of hydrogen-bond acceptors (Lipinski definition) is 3. The third-order valence-corrected chi connectivity index (χ3v) is 3.34. The molecule has 0 spiro atoms. The Morgan fingerprint density at radius 2 is 1.71 bits per heavy atom. The summed E-state index contributed by atoms with van der Waals surface area (Å²) in [6, 6.07) is 0.717. The summed E-state index contributed by atoms with van der Waals surface area (Å²) in [7, 11) is 0. The second-order valence-electron chi connectivity index (χ2n) is 4.40. The maximum absolute atomic E-state index is 4.23. The Hall–Kier alpha value is 0.270. The number of hydrogen-bond donors (Lipinski definition) is 1. The Morgan fingerprint density at radius 3 is 2.21 bits per heavy atom. The number of rotatable bonds is 5. The van der Waals surface area contributed by atoms with Crippen LogP contribution in [0.5, 0.6) is 0 Å². The van der Waals surface area contributed by atoms with Crippen LogP contribution >= 0.6 is 12.6 Å². The fraction of sp³-hybridized carbons (Fsp3) is 1.00. The zero-order chi connectivity index (χ0) is 10.4. The highest BCUT2D eigenvalue weighted by Gasteiger charge is 2.17. The summed E-state index contributed by atoms with van der Waals surface area (Å²) in [5, 5.41) is 0. The van der Waals surface area contributed by atoms with E-state index in [4.69, 9.17) is 0 Å². The van der Waals surface area contributed by atoms with Gasteiger partial charge in [0.25, 0.3) is 0 Å². The van der Waals surface area contributed by atoms with E-state index >= 15 is 0 Å². The van der Waals surface area contributed by atoms with Crippen LogP contribution in [0, 0.1) is 0 Å². The van der Waals surface area contributed by atoms with Gasteiger partial charge in [-0.15, -0.1) is 0 Å². The monoisotopic (exact) mass is 216 g/mol. The van der Waals surface area contributed by atoms with Crippen molar-refractivity contribution in [3.63, 3.8) is 0 Å². The number of unbranched alkanes of at least 4 members (excludes halogenated alkanes) is 1. The molecule has 3 heteroatoms. The molecule has 0 amide bonds. The molecular formula is C11H24N2S. The molecule has 0 aromatic rings. The molecule has 1 fully saturated rings. The van der Waals surface area contributed by atoms with Crippen LogP contribution in [0.1, 0.15) is 26.7 Å². The fourth-order valence-corrected chi connectivity index (χ4v) is 2.17. The first-order chi connectivity index (χ1) is 6.74. The van der Waals surface area contributed by atoms with Crippen LogP contribution in [-0.2, 0) is 0 Å². The van der Waals surface area contributed by atoms with Gasteiger partial charge in [-0.3, -0.25) is 4.90 Å². The molecule has 1 heterocycles. The van der Waals surface area contributed by atoms with E-state index in [1.54, 1.807) is 0 Å². The van der Waals surface area contributed by atoms with Crippen molar-refractivity contribution < 1.29 is 0 Å². The van der Waals surface area contributed by atoms with Gasteiger partial charge in [-0.2, -0.15) is 12.6 Å².